The number of fused-ring (bicyclic) bond motifs is 1. The van der Waals surface area contributed by atoms with Gasteiger partial charge in [0.15, 0.2) is 0 Å². The summed E-state index contributed by atoms with van der Waals surface area (Å²) in [5.41, 5.74) is 4.55. The van der Waals surface area contributed by atoms with Crippen LogP contribution in [0.3, 0.4) is 0 Å². The minimum Gasteiger partial charge on any atom is -0.374 e. The number of ether oxygens (including phenoxy) is 1. The lowest BCUT2D eigenvalue weighted by Gasteiger charge is -2.28. The van der Waals surface area contributed by atoms with E-state index >= 15 is 0 Å². The highest BCUT2D eigenvalue weighted by atomic mass is 35.5. The Hall–Kier alpha value is -0.570. The highest BCUT2D eigenvalue weighted by Gasteiger charge is 2.35. The Morgan fingerprint density at radius 2 is 2.05 bits per heavy atom. The van der Waals surface area contributed by atoms with Gasteiger partial charge in [-0.05, 0) is 48.9 Å². The molecule has 0 aromatic heterocycles. The van der Waals surface area contributed by atoms with Crippen LogP contribution in [-0.2, 0) is 17.7 Å². The smallest absolute Gasteiger partial charge is 0.0671 e. The van der Waals surface area contributed by atoms with E-state index in [1.807, 2.05) is 0 Å². The number of nitrogens with one attached hydrogen (secondary N) is 1. The summed E-state index contributed by atoms with van der Waals surface area (Å²) in [5, 5.41) is 3.51. The molecule has 1 aromatic carbocycles. The summed E-state index contributed by atoms with van der Waals surface area (Å²) in [6.45, 7) is 9.00. The lowest BCUT2D eigenvalue weighted by molar-refractivity contribution is 0.0314. The second-order valence-corrected chi connectivity index (χ2v) is 6.32. The fraction of sp³-hybridized carbons (Fsp3) is 0.667. The summed E-state index contributed by atoms with van der Waals surface area (Å²) in [6, 6.07) is 6.81. The van der Waals surface area contributed by atoms with Gasteiger partial charge < -0.3 is 10.1 Å². The minimum atomic E-state index is 0.378. The molecule has 3 rings (SSSR count). The van der Waals surface area contributed by atoms with Crippen molar-refractivity contribution >= 4 is 11.6 Å². The molecule has 4 unspecified atom stereocenters. The number of halogens is 1. The van der Waals surface area contributed by atoms with Crippen molar-refractivity contribution in [2.45, 2.75) is 58.3 Å². The second-order valence-electron chi connectivity index (χ2n) is 6.32. The lowest BCUT2D eigenvalue weighted by Crippen LogP contribution is -2.28. The zero-order valence-electron chi connectivity index (χ0n) is 13.7. The van der Waals surface area contributed by atoms with Gasteiger partial charge in [-0.2, -0.15) is 0 Å². The van der Waals surface area contributed by atoms with Crippen LogP contribution in [0.1, 0.15) is 49.8 Å². The Labute approximate surface area is 134 Å². The first-order chi connectivity index (χ1) is 10.2. The molecule has 0 aliphatic carbocycles. The maximum Gasteiger partial charge on any atom is 0.0671 e. The molecule has 1 aromatic rings. The zero-order valence-corrected chi connectivity index (χ0v) is 14.4. The van der Waals surface area contributed by atoms with Gasteiger partial charge in [0, 0.05) is 18.8 Å². The van der Waals surface area contributed by atoms with E-state index in [2.05, 4.69) is 55.9 Å². The molecule has 1 fully saturated rings. The Morgan fingerprint density at radius 1 is 1.29 bits per heavy atom. The Morgan fingerprint density at radius 3 is 2.71 bits per heavy atom. The molecule has 0 radical (unpaired) electrons. The van der Waals surface area contributed by atoms with Gasteiger partial charge in [-0.3, -0.25) is 0 Å². The monoisotopic (exact) mass is 309 g/mol. The number of rotatable bonds is 2. The van der Waals surface area contributed by atoms with E-state index in [0.29, 0.717) is 24.0 Å². The van der Waals surface area contributed by atoms with Gasteiger partial charge in [-0.15, -0.1) is 11.6 Å². The molecule has 1 N–H and O–H groups in total. The molecular formula is C18H28ClNO. The van der Waals surface area contributed by atoms with Gasteiger partial charge in [-0.25, -0.2) is 0 Å². The van der Waals surface area contributed by atoms with E-state index in [-0.39, 0.29) is 0 Å². The largest absolute Gasteiger partial charge is 0.374 e. The zero-order chi connectivity index (χ0) is 15.4. The first-order valence-electron chi connectivity index (χ1n) is 8.01. The van der Waals surface area contributed by atoms with E-state index in [1.165, 1.54) is 29.5 Å². The second kappa shape index (κ2) is 7.62. The first-order valence-corrected chi connectivity index (χ1v) is 8.77. The normalized spacial score (nSPS) is 29.3. The van der Waals surface area contributed by atoms with Crippen LogP contribution >= 0.6 is 11.6 Å². The van der Waals surface area contributed by atoms with Crippen LogP contribution in [0.25, 0.3) is 0 Å². The van der Waals surface area contributed by atoms with Crippen molar-refractivity contribution in [2.24, 2.45) is 5.92 Å². The maximum atomic E-state index is 6.16. The average Bonchev–Trinajstić information content (AvgIpc) is 2.86. The third kappa shape index (κ3) is 3.61. The van der Waals surface area contributed by atoms with Crippen LogP contribution in [0.15, 0.2) is 18.2 Å². The molecular weight excluding hydrogens is 282 g/mol. The molecule has 2 nitrogen and oxygen atoms in total. The SMILES string of the molecule is CC1CC(C)C(C(C)c2cccc3c2CNCC3)O1.CCl. The van der Waals surface area contributed by atoms with Crippen molar-refractivity contribution in [3.63, 3.8) is 0 Å². The van der Waals surface area contributed by atoms with Crippen LogP contribution in [0.2, 0.25) is 0 Å². The quantitative estimate of drug-likeness (QED) is 0.830. The summed E-state index contributed by atoms with van der Waals surface area (Å²) in [6.07, 6.45) is 4.62. The molecule has 2 aliphatic rings. The molecule has 21 heavy (non-hydrogen) atoms. The van der Waals surface area contributed by atoms with Crippen molar-refractivity contribution in [2.75, 3.05) is 12.9 Å². The Kier molecular flexibility index (Phi) is 6.09. The van der Waals surface area contributed by atoms with E-state index in [4.69, 9.17) is 4.74 Å². The molecule has 0 amide bonds. The molecule has 4 atom stereocenters. The summed E-state index contributed by atoms with van der Waals surface area (Å²) in [4.78, 5) is 0. The van der Waals surface area contributed by atoms with Crippen LogP contribution < -0.4 is 5.32 Å². The van der Waals surface area contributed by atoms with E-state index in [0.717, 1.165) is 19.5 Å². The van der Waals surface area contributed by atoms with E-state index in [1.54, 1.807) is 0 Å². The topological polar surface area (TPSA) is 21.3 Å². The number of hydrogen-bond acceptors (Lipinski definition) is 2. The van der Waals surface area contributed by atoms with Crippen molar-refractivity contribution in [3.05, 3.63) is 34.9 Å². The van der Waals surface area contributed by atoms with Crippen LogP contribution in [-0.4, -0.2) is 25.1 Å². The summed E-state index contributed by atoms with van der Waals surface area (Å²) in [7, 11) is 0. The molecule has 2 heterocycles. The molecule has 0 bridgehead atoms. The molecule has 1 saturated heterocycles. The van der Waals surface area contributed by atoms with E-state index in [9.17, 15) is 0 Å². The van der Waals surface area contributed by atoms with Gasteiger partial charge in [0.2, 0.25) is 0 Å². The van der Waals surface area contributed by atoms with Crippen LogP contribution in [0.4, 0.5) is 0 Å². The molecule has 118 valence electrons. The van der Waals surface area contributed by atoms with Gasteiger partial charge in [0.25, 0.3) is 0 Å². The molecule has 0 spiro atoms. The summed E-state index contributed by atoms with van der Waals surface area (Å²) in [5.74, 6) is 1.16. The van der Waals surface area contributed by atoms with Gasteiger partial charge in [0.1, 0.15) is 0 Å². The molecule has 3 heteroatoms. The number of benzene rings is 1. The Balaban J connectivity index is 0.000000774. The highest BCUT2D eigenvalue weighted by Crippen LogP contribution is 2.37. The van der Waals surface area contributed by atoms with E-state index < -0.39 is 0 Å². The summed E-state index contributed by atoms with van der Waals surface area (Å²) >= 11 is 4.64. The van der Waals surface area contributed by atoms with Crippen LogP contribution in [0, 0.1) is 5.92 Å². The van der Waals surface area contributed by atoms with Gasteiger partial charge in [0.05, 0.1) is 12.2 Å². The van der Waals surface area contributed by atoms with Crippen molar-refractivity contribution in [1.82, 2.24) is 5.32 Å². The van der Waals surface area contributed by atoms with Crippen LogP contribution in [0.5, 0.6) is 0 Å². The predicted octanol–water partition coefficient (Wildman–Crippen LogP) is 4.10. The molecule has 0 saturated carbocycles. The predicted molar refractivity (Wildman–Crippen MR) is 90.2 cm³/mol. The number of alkyl halides is 1. The number of hydrogen-bond donors (Lipinski definition) is 1. The van der Waals surface area contributed by atoms with Crippen molar-refractivity contribution < 1.29 is 4.74 Å². The van der Waals surface area contributed by atoms with Gasteiger partial charge >= 0.3 is 0 Å². The highest BCUT2D eigenvalue weighted by molar-refractivity contribution is 6.15. The third-order valence-electron chi connectivity index (χ3n) is 4.82. The molecule has 2 aliphatic heterocycles. The summed E-state index contributed by atoms with van der Waals surface area (Å²) < 4.78 is 6.16. The lowest BCUT2D eigenvalue weighted by atomic mass is 9.83. The average molecular weight is 310 g/mol. The standard InChI is InChI=1S/C17H25NO.CH3Cl/c1-11-9-12(2)19-17(11)13(3)15-6-4-5-14-7-8-18-10-16(14)15;1-2/h4-6,11-13,17-18H,7-10H2,1-3H3;1H3. The fourth-order valence-corrected chi connectivity index (χ4v) is 3.87. The van der Waals surface area contributed by atoms with Crippen molar-refractivity contribution in [3.8, 4) is 0 Å². The van der Waals surface area contributed by atoms with Crippen molar-refractivity contribution in [1.29, 1.82) is 0 Å². The van der Waals surface area contributed by atoms with Gasteiger partial charge in [-0.1, -0.05) is 32.0 Å². The fourth-order valence-electron chi connectivity index (χ4n) is 3.87. The minimum absolute atomic E-state index is 0.378. The Bertz CT molecular complexity index is 463. The third-order valence-corrected chi connectivity index (χ3v) is 4.82. The first kappa shape index (κ1) is 16.8. The maximum absolute atomic E-state index is 6.16.